The topological polar surface area (TPSA) is 20.2 Å². The van der Waals surface area contributed by atoms with Crippen LogP contribution in [0.25, 0.3) is 0 Å². The monoisotopic (exact) mass is 322 g/mol. The van der Waals surface area contributed by atoms with E-state index >= 15 is 0 Å². The van der Waals surface area contributed by atoms with Crippen molar-refractivity contribution in [2.45, 2.75) is 6.18 Å². The molecule has 0 fully saturated rings. The largest absolute Gasteiger partial charge is 0.506 e. The first-order valence-corrected chi connectivity index (χ1v) is 4.53. The normalized spacial score (nSPS) is 11.8. The summed E-state index contributed by atoms with van der Waals surface area (Å²) in [6.07, 6.45) is -4.46. The SMILES string of the molecule is Oc1cc(C(F)(F)F)c(I)cc1Cl. The Balaban J connectivity index is 3.32. The smallest absolute Gasteiger partial charge is 0.417 e. The summed E-state index contributed by atoms with van der Waals surface area (Å²) in [6, 6.07) is 1.68. The van der Waals surface area contributed by atoms with E-state index in [0.29, 0.717) is 6.07 Å². The van der Waals surface area contributed by atoms with Crippen LogP contribution >= 0.6 is 34.2 Å². The van der Waals surface area contributed by atoms with Crippen molar-refractivity contribution in [2.75, 3.05) is 0 Å². The molecule has 0 atom stereocenters. The van der Waals surface area contributed by atoms with E-state index in [2.05, 4.69) is 0 Å². The van der Waals surface area contributed by atoms with Gasteiger partial charge in [0, 0.05) is 3.57 Å². The minimum absolute atomic E-state index is 0.0344. The Hall–Kier alpha value is -0.170. The first-order valence-electron chi connectivity index (χ1n) is 3.07. The summed E-state index contributed by atoms with van der Waals surface area (Å²) < 4.78 is 36.6. The maximum absolute atomic E-state index is 12.2. The van der Waals surface area contributed by atoms with Gasteiger partial charge in [-0.3, -0.25) is 0 Å². The molecular formula is C7H3ClF3IO. The Labute approximate surface area is 90.7 Å². The van der Waals surface area contributed by atoms with Gasteiger partial charge in [0.05, 0.1) is 10.6 Å². The molecule has 0 unspecified atom stereocenters. The number of hydrogen-bond acceptors (Lipinski definition) is 1. The first kappa shape index (κ1) is 10.9. The van der Waals surface area contributed by atoms with E-state index in [0.717, 1.165) is 6.07 Å². The molecule has 13 heavy (non-hydrogen) atoms. The third kappa shape index (κ3) is 2.40. The van der Waals surface area contributed by atoms with Gasteiger partial charge in [-0.15, -0.1) is 0 Å². The molecule has 0 aliphatic heterocycles. The van der Waals surface area contributed by atoms with E-state index in [1.165, 1.54) is 22.6 Å². The van der Waals surface area contributed by atoms with Crippen molar-refractivity contribution in [3.05, 3.63) is 26.3 Å². The van der Waals surface area contributed by atoms with Crippen molar-refractivity contribution in [2.24, 2.45) is 0 Å². The van der Waals surface area contributed by atoms with Gasteiger partial charge in [0.25, 0.3) is 0 Å². The highest BCUT2D eigenvalue weighted by Crippen LogP contribution is 2.37. The minimum Gasteiger partial charge on any atom is -0.506 e. The van der Waals surface area contributed by atoms with Crippen LogP contribution in [-0.4, -0.2) is 5.11 Å². The molecule has 0 saturated carbocycles. The van der Waals surface area contributed by atoms with Gasteiger partial charge < -0.3 is 5.11 Å². The predicted octanol–water partition coefficient (Wildman–Crippen LogP) is 3.67. The highest BCUT2D eigenvalue weighted by atomic mass is 127. The standard InChI is InChI=1S/C7H3ClF3IO/c8-4-2-5(12)3(1-6(4)13)7(9,10)11/h1-2,13H. The molecule has 0 radical (unpaired) electrons. The van der Waals surface area contributed by atoms with Crippen LogP contribution in [0.2, 0.25) is 5.02 Å². The predicted molar refractivity (Wildman–Crippen MR) is 50.8 cm³/mol. The number of hydrogen-bond donors (Lipinski definition) is 1. The van der Waals surface area contributed by atoms with Crippen LogP contribution in [0.1, 0.15) is 5.56 Å². The van der Waals surface area contributed by atoms with Crippen molar-refractivity contribution in [1.29, 1.82) is 0 Å². The van der Waals surface area contributed by atoms with E-state index in [-0.39, 0.29) is 8.59 Å². The highest BCUT2D eigenvalue weighted by Gasteiger charge is 2.33. The maximum Gasteiger partial charge on any atom is 0.417 e. The van der Waals surface area contributed by atoms with Crippen LogP contribution in [0.5, 0.6) is 5.75 Å². The van der Waals surface area contributed by atoms with Crippen molar-refractivity contribution in [3.8, 4) is 5.75 Å². The number of alkyl halides is 3. The lowest BCUT2D eigenvalue weighted by atomic mass is 10.2. The van der Waals surface area contributed by atoms with Crippen molar-refractivity contribution >= 4 is 34.2 Å². The van der Waals surface area contributed by atoms with E-state index in [4.69, 9.17) is 16.7 Å². The summed E-state index contributed by atoms with van der Waals surface area (Å²) in [7, 11) is 0. The summed E-state index contributed by atoms with van der Waals surface area (Å²) in [6.45, 7) is 0. The van der Waals surface area contributed by atoms with Crippen molar-refractivity contribution < 1.29 is 18.3 Å². The molecule has 6 heteroatoms. The quantitative estimate of drug-likeness (QED) is 0.723. The Morgan fingerprint density at radius 1 is 1.31 bits per heavy atom. The van der Waals surface area contributed by atoms with Gasteiger partial charge >= 0.3 is 6.18 Å². The lowest BCUT2D eigenvalue weighted by molar-refractivity contribution is -0.138. The summed E-state index contributed by atoms with van der Waals surface area (Å²) in [4.78, 5) is 0. The van der Waals surface area contributed by atoms with E-state index < -0.39 is 17.5 Å². The molecule has 0 spiro atoms. The zero-order valence-electron chi connectivity index (χ0n) is 5.99. The molecule has 0 aromatic heterocycles. The minimum atomic E-state index is -4.46. The zero-order chi connectivity index (χ0) is 10.2. The number of rotatable bonds is 0. The Morgan fingerprint density at radius 2 is 1.85 bits per heavy atom. The van der Waals surface area contributed by atoms with E-state index in [1.54, 1.807) is 0 Å². The van der Waals surface area contributed by atoms with Crippen molar-refractivity contribution in [1.82, 2.24) is 0 Å². The number of halogens is 5. The van der Waals surface area contributed by atoms with Gasteiger partial charge in [0.15, 0.2) is 0 Å². The second-order valence-electron chi connectivity index (χ2n) is 2.28. The third-order valence-corrected chi connectivity index (χ3v) is 2.54. The fourth-order valence-corrected chi connectivity index (χ4v) is 1.88. The van der Waals surface area contributed by atoms with Crippen LogP contribution in [0, 0.1) is 3.57 Å². The Bertz CT molecular complexity index is 337. The van der Waals surface area contributed by atoms with E-state index in [1.807, 2.05) is 0 Å². The lowest BCUT2D eigenvalue weighted by Gasteiger charge is -2.09. The number of phenols is 1. The molecule has 1 nitrogen and oxygen atoms in total. The Kier molecular flexibility index (Phi) is 2.96. The molecule has 72 valence electrons. The zero-order valence-corrected chi connectivity index (χ0v) is 8.91. The molecule has 0 heterocycles. The lowest BCUT2D eigenvalue weighted by Crippen LogP contribution is -2.07. The van der Waals surface area contributed by atoms with Crippen molar-refractivity contribution in [3.63, 3.8) is 0 Å². The van der Waals surface area contributed by atoms with Crippen LogP contribution in [0.3, 0.4) is 0 Å². The van der Waals surface area contributed by atoms with Gasteiger partial charge in [-0.25, -0.2) is 0 Å². The molecular weight excluding hydrogens is 319 g/mol. The van der Waals surface area contributed by atoms with Crippen LogP contribution in [-0.2, 0) is 6.18 Å². The van der Waals surface area contributed by atoms with Crippen LogP contribution < -0.4 is 0 Å². The average Bonchev–Trinajstić information content (AvgIpc) is 1.94. The number of phenolic OH excluding ortho intramolecular Hbond substituents is 1. The molecule has 1 aromatic rings. The van der Waals surface area contributed by atoms with Crippen LogP contribution in [0.4, 0.5) is 13.2 Å². The number of benzene rings is 1. The molecule has 0 aliphatic rings. The first-order chi connectivity index (χ1) is 5.82. The van der Waals surface area contributed by atoms with Gasteiger partial charge in [-0.05, 0) is 34.7 Å². The summed E-state index contributed by atoms with van der Waals surface area (Å²) in [5.74, 6) is -0.561. The van der Waals surface area contributed by atoms with Gasteiger partial charge in [0.2, 0.25) is 0 Å². The van der Waals surface area contributed by atoms with Gasteiger partial charge in [-0.1, -0.05) is 11.6 Å². The molecule has 0 aliphatic carbocycles. The van der Waals surface area contributed by atoms with Gasteiger partial charge in [-0.2, -0.15) is 13.2 Å². The van der Waals surface area contributed by atoms with Crippen LogP contribution in [0.15, 0.2) is 12.1 Å². The maximum atomic E-state index is 12.2. The molecule has 1 aromatic carbocycles. The third-order valence-electron chi connectivity index (χ3n) is 1.34. The Morgan fingerprint density at radius 3 is 2.31 bits per heavy atom. The second kappa shape index (κ2) is 3.53. The second-order valence-corrected chi connectivity index (χ2v) is 3.85. The number of aromatic hydroxyl groups is 1. The molecule has 1 rings (SSSR count). The fraction of sp³-hybridized carbons (Fsp3) is 0.143. The molecule has 1 N–H and O–H groups in total. The van der Waals surface area contributed by atoms with E-state index in [9.17, 15) is 13.2 Å². The summed E-state index contributed by atoms with van der Waals surface area (Å²) >= 11 is 6.93. The molecule has 0 bridgehead atoms. The summed E-state index contributed by atoms with van der Waals surface area (Å²) in [5.41, 5.74) is -0.880. The molecule has 0 amide bonds. The average molecular weight is 322 g/mol. The highest BCUT2D eigenvalue weighted by molar-refractivity contribution is 14.1. The molecule has 0 saturated heterocycles. The fourth-order valence-electron chi connectivity index (χ4n) is 0.755. The summed E-state index contributed by atoms with van der Waals surface area (Å²) in [5, 5.41) is 8.87. The van der Waals surface area contributed by atoms with Gasteiger partial charge in [0.1, 0.15) is 5.75 Å².